The molecule has 0 aromatic heterocycles. The van der Waals surface area contributed by atoms with Crippen molar-refractivity contribution >= 4 is 5.57 Å². The fraction of sp³-hybridized carbons (Fsp3) is 0.286. The smallest absolute Gasteiger partial charge is 0.139 e. The summed E-state index contributed by atoms with van der Waals surface area (Å²) in [4.78, 5) is 0. The van der Waals surface area contributed by atoms with Crippen LogP contribution in [0.3, 0.4) is 0 Å². The minimum absolute atomic E-state index is 0.178. The van der Waals surface area contributed by atoms with E-state index in [-0.39, 0.29) is 5.82 Å². The van der Waals surface area contributed by atoms with Gasteiger partial charge in [-0.05, 0) is 65.5 Å². The molecule has 0 bridgehead atoms. The van der Waals surface area contributed by atoms with Crippen LogP contribution in [0.4, 0.5) is 4.39 Å². The number of hydrogen-bond acceptors (Lipinski definition) is 0. The van der Waals surface area contributed by atoms with Crippen molar-refractivity contribution in [3.63, 3.8) is 0 Å². The van der Waals surface area contributed by atoms with Crippen LogP contribution in [-0.4, -0.2) is 0 Å². The Kier molecular flexibility index (Phi) is 5.67. The van der Waals surface area contributed by atoms with Gasteiger partial charge < -0.3 is 0 Å². The lowest BCUT2D eigenvalue weighted by Gasteiger charge is -2.16. The fourth-order valence-corrected chi connectivity index (χ4v) is 4.57. The fourth-order valence-electron chi connectivity index (χ4n) is 4.57. The Bertz CT molecular complexity index is 1000. The lowest BCUT2D eigenvalue weighted by Crippen LogP contribution is -1.97. The van der Waals surface area contributed by atoms with Gasteiger partial charge in [-0.2, -0.15) is 0 Å². The Hall–Kier alpha value is -2.67. The van der Waals surface area contributed by atoms with E-state index in [0.717, 1.165) is 28.7 Å². The van der Waals surface area contributed by atoms with Gasteiger partial charge in [0.05, 0.1) is 0 Å². The van der Waals surface area contributed by atoms with Crippen molar-refractivity contribution in [2.24, 2.45) is 0 Å². The number of benzene rings is 3. The Morgan fingerprint density at radius 1 is 0.862 bits per heavy atom. The molecule has 0 unspecified atom stereocenters. The summed E-state index contributed by atoms with van der Waals surface area (Å²) in [6, 6.07) is 20.9. The predicted molar refractivity (Wildman–Crippen MR) is 123 cm³/mol. The molecule has 0 amide bonds. The van der Waals surface area contributed by atoms with Crippen LogP contribution in [0.2, 0.25) is 0 Å². The molecule has 1 fully saturated rings. The molecule has 3 aromatic rings. The van der Waals surface area contributed by atoms with Crippen LogP contribution < -0.4 is 0 Å². The van der Waals surface area contributed by atoms with Gasteiger partial charge in [0.2, 0.25) is 0 Å². The van der Waals surface area contributed by atoms with Gasteiger partial charge in [-0.1, -0.05) is 87.0 Å². The highest BCUT2D eigenvalue weighted by atomic mass is 19.1. The van der Waals surface area contributed by atoms with Crippen LogP contribution in [0.25, 0.3) is 27.8 Å². The zero-order valence-corrected chi connectivity index (χ0v) is 17.5. The highest BCUT2D eigenvalue weighted by molar-refractivity contribution is 5.84. The van der Waals surface area contributed by atoms with Gasteiger partial charge in [0.15, 0.2) is 0 Å². The largest absolute Gasteiger partial charge is 0.206 e. The highest BCUT2D eigenvalue weighted by Crippen LogP contribution is 2.38. The lowest BCUT2D eigenvalue weighted by molar-refractivity contribution is 0.628. The maximum Gasteiger partial charge on any atom is 0.139 e. The molecule has 4 rings (SSSR count). The van der Waals surface area contributed by atoms with E-state index in [4.69, 9.17) is 0 Å². The summed E-state index contributed by atoms with van der Waals surface area (Å²) in [5.41, 5.74) is 7.55. The van der Waals surface area contributed by atoms with Crippen LogP contribution in [0.15, 0.2) is 67.2 Å². The van der Waals surface area contributed by atoms with E-state index in [1.54, 1.807) is 0 Å². The molecule has 0 saturated heterocycles. The Balaban J connectivity index is 1.73. The van der Waals surface area contributed by atoms with Gasteiger partial charge in [0.1, 0.15) is 5.82 Å². The first kappa shape index (κ1) is 19.6. The molecule has 3 aromatic carbocycles. The summed E-state index contributed by atoms with van der Waals surface area (Å²) in [5.74, 6) is 0.497. The molecule has 29 heavy (non-hydrogen) atoms. The van der Waals surface area contributed by atoms with Crippen molar-refractivity contribution in [2.75, 3.05) is 0 Å². The lowest BCUT2D eigenvalue weighted by atomic mass is 9.89. The average molecular weight is 385 g/mol. The highest BCUT2D eigenvalue weighted by Gasteiger charge is 2.19. The molecule has 0 spiro atoms. The summed E-state index contributed by atoms with van der Waals surface area (Å²) >= 11 is 0. The van der Waals surface area contributed by atoms with Gasteiger partial charge in [-0.25, -0.2) is 4.39 Å². The molecule has 148 valence electrons. The van der Waals surface area contributed by atoms with Crippen LogP contribution >= 0.6 is 0 Å². The molecule has 0 N–H and O–H groups in total. The molecule has 1 aliphatic carbocycles. The molecule has 1 saturated carbocycles. The molecule has 0 aliphatic heterocycles. The van der Waals surface area contributed by atoms with Crippen molar-refractivity contribution in [2.45, 2.75) is 51.9 Å². The topological polar surface area (TPSA) is 0 Å². The molecule has 0 atom stereocenters. The standard InChI is InChI=1S/C28H29F/c1-4-20-9-11-23(12-10-20)25-17-18-26(28(29)27(25)19(2)3)24-15-13-22(14-16-24)21-7-5-6-8-21/h9-18,21H,2,4-8H2,1,3H3. The number of aryl methyl sites for hydroxylation is 1. The maximum atomic E-state index is 15.6. The van der Waals surface area contributed by atoms with Crippen molar-refractivity contribution in [1.29, 1.82) is 0 Å². The second-order valence-electron chi connectivity index (χ2n) is 8.28. The van der Waals surface area contributed by atoms with E-state index in [9.17, 15) is 0 Å². The third-order valence-electron chi connectivity index (χ3n) is 6.29. The van der Waals surface area contributed by atoms with E-state index in [1.807, 2.05) is 19.1 Å². The number of allylic oxidation sites excluding steroid dienone is 1. The third kappa shape index (κ3) is 3.92. The van der Waals surface area contributed by atoms with Crippen molar-refractivity contribution in [3.8, 4) is 22.3 Å². The van der Waals surface area contributed by atoms with Crippen molar-refractivity contribution < 1.29 is 4.39 Å². The van der Waals surface area contributed by atoms with E-state index >= 15 is 4.39 Å². The Morgan fingerprint density at radius 2 is 1.41 bits per heavy atom. The van der Waals surface area contributed by atoms with Gasteiger partial charge in [0, 0.05) is 11.1 Å². The summed E-state index contributed by atoms with van der Waals surface area (Å²) in [6.07, 6.45) is 6.20. The zero-order chi connectivity index (χ0) is 20.4. The van der Waals surface area contributed by atoms with Gasteiger partial charge in [-0.3, -0.25) is 0 Å². The van der Waals surface area contributed by atoms with E-state index in [2.05, 4.69) is 62.0 Å². The molecule has 1 heteroatoms. The van der Waals surface area contributed by atoms with Gasteiger partial charge in [0.25, 0.3) is 0 Å². The second kappa shape index (κ2) is 8.37. The molecular weight excluding hydrogens is 355 g/mol. The molecular formula is C28H29F. The first-order valence-electron chi connectivity index (χ1n) is 10.8. The average Bonchev–Trinajstić information content (AvgIpc) is 3.28. The minimum Gasteiger partial charge on any atom is -0.206 e. The van der Waals surface area contributed by atoms with Crippen molar-refractivity contribution in [3.05, 3.63) is 89.8 Å². The second-order valence-corrected chi connectivity index (χ2v) is 8.28. The summed E-state index contributed by atoms with van der Waals surface area (Å²) < 4.78 is 15.6. The third-order valence-corrected chi connectivity index (χ3v) is 6.29. The minimum atomic E-state index is -0.178. The normalized spacial score (nSPS) is 14.3. The molecule has 0 heterocycles. The summed E-state index contributed by atoms with van der Waals surface area (Å²) in [6.45, 7) is 8.09. The first-order valence-corrected chi connectivity index (χ1v) is 10.8. The molecule has 0 nitrogen and oxygen atoms in total. The van der Waals surface area contributed by atoms with E-state index in [0.29, 0.717) is 17.0 Å². The van der Waals surface area contributed by atoms with E-state index in [1.165, 1.54) is 36.8 Å². The summed E-state index contributed by atoms with van der Waals surface area (Å²) in [7, 11) is 0. The van der Waals surface area contributed by atoms with Gasteiger partial charge >= 0.3 is 0 Å². The quantitative estimate of drug-likeness (QED) is 0.414. The molecule has 0 radical (unpaired) electrons. The van der Waals surface area contributed by atoms with Crippen LogP contribution in [0, 0.1) is 5.82 Å². The SMILES string of the molecule is C=C(C)c1c(-c2ccc(CC)cc2)ccc(-c2ccc(C3CCCC3)cc2)c1F. The Labute approximate surface area is 174 Å². The van der Waals surface area contributed by atoms with Gasteiger partial charge in [-0.15, -0.1) is 0 Å². The number of rotatable bonds is 5. The Morgan fingerprint density at radius 3 is 2.00 bits per heavy atom. The predicted octanol–water partition coefficient (Wildman–Crippen LogP) is 8.41. The van der Waals surface area contributed by atoms with Crippen LogP contribution in [-0.2, 0) is 6.42 Å². The summed E-state index contributed by atoms with van der Waals surface area (Å²) in [5, 5.41) is 0. The monoisotopic (exact) mass is 384 g/mol. The number of halogens is 1. The van der Waals surface area contributed by atoms with Crippen molar-refractivity contribution in [1.82, 2.24) is 0 Å². The van der Waals surface area contributed by atoms with Crippen LogP contribution in [0.1, 0.15) is 62.1 Å². The van der Waals surface area contributed by atoms with Crippen LogP contribution in [0.5, 0.6) is 0 Å². The zero-order valence-electron chi connectivity index (χ0n) is 17.5. The maximum absolute atomic E-state index is 15.6. The number of hydrogen-bond donors (Lipinski definition) is 0. The molecule has 1 aliphatic rings. The van der Waals surface area contributed by atoms with E-state index < -0.39 is 0 Å². The first-order chi connectivity index (χ1) is 14.1.